The molecule has 1 aliphatic carbocycles. The average Bonchev–Trinajstić information content (AvgIpc) is 2.64. The molecule has 2 rings (SSSR count). The summed E-state index contributed by atoms with van der Waals surface area (Å²) in [5.41, 5.74) is 1.09. The van der Waals surface area contributed by atoms with Crippen molar-refractivity contribution in [3.05, 3.63) is 47.7 Å². The fourth-order valence-corrected chi connectivity index (χ4v) is 3.04. The first kappa shape index (κ1) is 16.3. The van der Waals surface area contributed by atoms with Crippen LogP contribution in [-0.2, 0) is 14.3 Å². The van der Waals surface area contributed by atoms with Gasteiger partial charge in [-0.2, -0.15) is 0 Å². The highest BCUT2D eigenvalue weighted by Crippen LogP contribution is 2.38. The highest BCUT2D eigenvalue weighted by atomic mass is 16.5. The lowest BCUT2D eigenvalue weighted by atomic mass is 9.78. The number of carbonyl (C=O) groups excluding carboxylic acids is 2. The number of benzene rings is 1. The summed E-state index contributed by atoms with van der Waals surface area (Å²) >= 11 is 0. The molecule has 0 bridgehead atoms. The third-order valence-corrected chi connectivity index (χ3v) is 4.39. The molecule has 0 radical (unpaired) electrons. The molecule has 0 aliphatic heterocycles. The predicted octanol–water partition coefficient (Wildman–Crippen LogP) is 2.61. The van der Waals surface area contributed by atoms with Crippen LogP contribution in [0, 0.1) is 11.8 Å². The lowest BCUT2D eigenvalue weighted by Gasteiger charge is -2.28. The van der Waals surface area contributed by atoms with Gasteiger partial charge < -0.3 is 9.64 Å². The second-order valence-corrected chi connectivity index (χ2v) is 6.00. The second kappa shape index (κ2) is 6.77. The molecule has 0 spiro atoms. The van der Waals surface area contributed by atoms with Crippen molar-refractivity contribution < 1.29 is 14.3 Å². The lowest BCUT2D eigenvalue weighted by Crippen LogP contribution is -2.34. The van der Waals surface area contributed by atoms with Gasteiger partial charge in [0.2, 0.25) is 5.91 Å². The Kier molecular flexibility index (Phi) is 5.01. The maximum Gasteiger partial charge on any atom is 0.229 e. The van der Waals surface area contributed by atoms with E-state index in [1.807, 2.05) is 37.3 Å². The summed E-state index contributed by atoms with van der Waals surface area (Å²) in [4.78, 5) is 26.5. The van der Waals surface area contributed by atoms with Gasteiger partial charge in [-0.05, 0) is 23.5 Å². The molecule has 3 atom stereocenters. The van der Waals surface area contributed by atoms with Crippen molar-refractivity contribution in [3.8, 4) is 0 Å². The molecule has 1 aromatic rings. The van der Waals surface area contributed by atoms with Crippen molar-refractivity contribution in [3.63, 3.8) is 0 Å². The number of methoxy groups -OCH3 is 1. The van der Waals surface area contributed by atoms with Crippen LogP contribution in [0.5, 0.6) is 0 Å². The van der Waals surface area contributed by atoms with E-state index in [1.54, 1.807) is 25.1 Å². The number of nitrogens with zero attached hydrogens (tertiary/aromatic N) is 1. The van der Waals surface area contributed by atoms with Crippen LogP contribution in [0.2, 0.25) is 0 Å². The number of hydrogen-bond acceptors (Lipinski definition) is 3. The molecular formula is C18H23NO3. The van der Waals surface area contributed by atoms with Gasteiger partial charge in [-0.1, -0.05) is 37.3 Å². The van der Waals surface area contributed by atoms with Gasteiger partial charge in [-0.25, -0.2) is 0 Å². The topological polar surface area (TPSA) is 46.6 Å². The van der Waals surface area contributed by atoms with Crippen molar-refractivity contribution in [1.82, 2.24) is 4.90 Å². The summed E-state index contributed by atoms with van der Waals surface area (Å²) in [6.45, 7) is 2.03. The minimum absolute atomic E-state index is 0.00215. The third-order valence-electron chi connectivity index (χ3n) is 4.39. The number of carbonyl (C=O) groups is 2. The van der Waals surface area contributed by atoms with Crippen molar-refractivity contribution in [1.29, 1.82) is 0 Å². The minimum Gasteiger partial charge on any atom is -0.493 e. The van der Waals surface area contributed by atoms with Crippen LogP contribution in [0.4, 0.5) is 0 Å². The van der Waals surface area contributed by atoms with Crippen molar-refractivity contribution >= 4 is 11.7 Å². The first-order valence-corrected chi connectivity index (χ1v) is 7.50. The normalized spacial score (nSPS) is 25.2. The van der Waals surface area contributed by atoms with Gasteiger partial charge in [0.1, 0.15) is 0 Å². The van der Waals surface area contributed by atoms with Gasteiger partial charge >= 0.3 is 0 Å². The highest BCUT2D eigenvalue weighted by Gasteiger charge is 2.37. The first-order chi connectivity index (χ1) is 10.5. The number of amides is 1. The van der Waals surface area contributed by atoms with Crippen LogP contribution in [0.3, 0.4) is 0 Å². The molecule has 4 heteroatoms. The van der Waals surface area contributed by atoms with E-state index in [9.17, 15) is 9.59 Å². The average molecular weight is 301 g/mol. The van der Waals surface area contributed by atoms with Crippen molar-refractivity contribution in [2.75, 3.05) is 21.2 Å². The zero-order valence-corrected chi connectivity index (χ0v) is 13.6. The number of rotatable bonds is 3. The maximum absolute atomic E-state index is 12.5. The van der Waals surface area contributed by atoms with Crippen LogP contribution in [0.15, 0.2) is 42.2 Å². The molecule has 0 fully saturated rings. The van der Waals surface area contributed by atoms with Crippen molar-refractivity contribution in [2.24, 2.45) is 11.8 Å². The second-order valence-electron chi connectivity index (χ2n) is 6.00. The summed E-state index contributed by atoms with van der Waals surface area (Å²) in [6.07, 6.45) is 2.06. The van der Waals surface area contributed by atoms with E-state index in [2.05, 4.69) is 0 Å². The van der Waals surface area contributed by atoms with E-state index < -0.39 is 0 Å². The first-order valence-electron chi connectivity index (χ1n) is 7.50. The number of ether oxygens (including phenoxy) is 1. The molecule has 1 amide bonds. The van der Waals surface area contributed by atoms with Gasteiger partial charge in [-0.15, -0.1) is 0 Å². The number of hydrogen-bond donors (Lipinski definition) is 0. The van der Waals surface area contributed by atoms with E-state index in [0.717, 1.165) is 5.56 Å². The van der Waals surface area contributed by atoms with E-state index >= 15 is 0 Å². The van der Waals surface area contributed by atoms with Gasteiger partial charge in [-0.3, -0.25) is 9.59 Å². The molecule has 22 heavy (non-hydrogen) atoms. The predicted molar refractivity (Wildman–Crippen MR) is 85.2 cm³/mol. The Morgan fingerprint density at radius 3 is 2.41 bits per heavy atom. The number of ketones is 1. The summed E-state index contributed by atoms with van der Waals surface area (Å²) in [6, 6.07) is 9.91. The molecule has 0 saturated heterocycles. The molecule has 118 valence electrons. The Morgan fingerprint density at radius 2 is 1.86 bits per heavy atom. The summed E-state index contributed by atoms with van der Waals surface area (Å²) < 4.78 is 5.22. The molecule has 0 saturated carbocycles. The van der Waals surface area contributed by atoms with E-state index in [4.69, 9.17) is 4.74 Å². The smallest absolute Gasteiger partial charge is 0.229 e. The molecule has 0 N–H and O–H groups in total. The van der Waals surface area contributed by atoms with E-state index in [0.29, 0.717) is 12.2 Å². The maximum atomic E-state index is 12.5. The third kappa shape index (κ3) is 3.21. The summed E-state index contributed by atoms with van der Waals surface area (Å²) in [5, 5.41) is 0. The Bertz CT molecular complexity index is 577. The monoisotopic (exact) mass is 301 g/mol. The zero-order valence-electron chi connectivity index (χ0n) is 13.6. The Morgan fingerprint density at radius 1 is 1.23 bits per heavy atom. The van der Waals surface area contributed by atoms with Gasteiger partial charge in [0.25, 0.3) is 0 Å². The number of Topliss-reactive ketones (excluding diaryl/α,β-unsaturated/α-hetero) is 1. The molecule has 1 aliphatic rings. The Hall–Kier alpha value is -2.10. The van der Waals surface area contributed by atoms with Crippen molar-refractivity contribution in [2.45, 2.75) is 19.3 Å². The molecule has 1 aromatic carbocycles. The van der Waals surface area contributed by atoms with Gasteiger partial charge in [0.05, 0.1) is 13.0 Å². The van der Waals surface area contributed by atoms with Crippen LogP contribution >= 0.6 is 0 Å². The van der Waals surface area contributed by atoms with Crippen LogP contribution in [0.25, 0.3) is 0 Å². The van der Waals surface area contributed by atoms with Crippen LogP contribution in [0.1, 0.15) is 24.8 Å². The zero-order chi connectivity index (χ0) is 16.3. The SMILES string of the molecule is COC1=C[C@H](C(=O)N(C)C)[C@H](C)[C@@H](c2ccccc2)CC1=O. The fourth-order valence-electron chi connectivity index (χ4n) is 3.04. The minimum atomic E-state index is -0.360. The highest BCUT2D eigenvalue weighted by molar-refractivity contribution is 5.96. The van der Waals surface area contributed by atoms with Gasteiger partial charge in [0, 0.05) is 20.5 Å². The van der Waals surface area contributed by atoms with Crippen LogP contribution < -0.4 is 0 Å². The summed E-state index contributed by atoms with van der Waals surface area (Å²) in [5.74, 6) is -0.0811. The number of allylic oxidation sites excluding steroid dienone is 1. The van der Waals surface area contributed by atoms with Gasteiger partial charge in [0.15, 0.2) is 11.5 Å². The lowest BCUT2D eigenvalue weighted by molar-refractivity contribution is -0.133. The van der Waals surface area contributed by atoms with E-state index in [1.165, 1.54) is 7.11 Å². The van der Waals surface area contributed by atoms with Crippen LogP contribution in [-0.4, -0.2) is 37.8 Å². The van der Waals surface area contributed by atoms with E-state index in [-0.39, 0.29) is 29.4 Å². The quantitative estimate of drug-likeness (QED) is 0.862. The summed E-state index contributed by atoms with van der Waals surface area (Å²) in [7, 11) is 4.95. The Balaban J connectivity index is 2.44. The molecule has 4 nitrogen and oxygen atoms in total. The largest absolute Gasteiger partial charge is 0.493 e. The molecule has 0 heterocycles. The standard InChI is InChI=1S/C18H23NO3/c1-12-14(13-8-6-5-7-9-13)10-16(20)17(22-4)11-15(12)18(21)19(2)3/h5-9,11-12,14-15H,10H2,1-4H3/t12-,14+,15+/m1/s1. The fraction of sp³-hybridized carbons (Fsp3) is 0.444. The molecular weight excluding hydrogens is 278 g/mol. The molecule has 0 unspecified atom stereocenters. The Labute approximate surface area is 131 Å². The molecule has 0 aromatic heterocycles.